The lowest BCUT2D eigenvalue weighted by atomic mass is 9.86. The van der Waals surface area contributed by atoms with Crippen molar-refractivity contribution in [1.82, 2.24) is 5.32 Å². The molecule has 0 bridgehead atoms. The van der Waals surface area contributed by atoms with Crippen LogP contribution in [0.5, 0.6) is 0 Å². The van der Waals surface area contributed by atoms with Gasteiger partial charge in [0.2, 0.25) is 5.91 Å². The Bertz CT molecular complexity index is 385. The van der Waals surface area contributed by atoms with E-state index < -0.39 is 0 Å². The normalized spacial score (nSPS) is 22.1. The maximum Gasteiger partial charge on any atom is 0.226 e. The molecule has 0 saturated carbocycles. The van der Waals surface area contributed by atoms with Crippen LogP contribution in [-0.4, -0.2) is 18.5 Å². The van der Waals surface area contributed by atoms with Crippen LogP contribution in [-0.2, 0) is 4.79 Å². The number of piperidine rings is 1. The van der Waals surface area contributed by atoms with E-state index in [-0.39, 0.29) is 23.7 Å². The number of carbonyl (C=O) groups is 1. The van der Waals surface area contributed by atoms with Crippen molar-refractivity contribution in [3.63, 3.8) is 0 Å². The Morgan fingerprint density at radius 2 is 2.06 bits per heavy atom. The molecular formula is C13H17FN2O. The molecule has 0 aromatic heterocycles. The molecule has 1 aromatic rings. The van der Waals surface area contributed by atoms with E-state index in [4.69, 9.17) is 5.73 Å². The third kappa shape index (κ3) is 2.82. The Morgan fingerprint density at radius 1 is 1.35 bits per heavy atom. The van der Waals surface area contributed by atoms with Crippen LogP contribution in [0.4, 0.5) is 4.39 Å². The Hall–Kier alpha value is -1.42. The minimum atomic E-state index is -0.365. The van der Waals surface area contributed by atoms with Gasteiger partial charge < -0.3 is 11.1 Å². The van der Waals surface area contributed by atoms with Gasteiger partial charge in [-0.1, -0.05) is 18.6 Å². The number of nitrogens with two attached hydrogens (primary N) is 1. The van der Waals surface area contributed by atoms with Gasteiger partial charge in [0.15, 0.2) is 0 Å². The SMILES string of the molecule is NC(=O)[C@@H](c1ccc(F)cc1)[C@H]1CCCCN1. The standard InChI is InChI=1S/C13H17FN2O/c14-10-6-4-9(5-7-10)12(13(15)17)11-3-1-2-8-16-11/h4-7,11-12,16H,1-3,8H2,(H2,15,17)/t11-,12+/m1/s1. The predicted molar refractivity (Wildman–Crippen MR) is 64.0 cm³/mol. The summed E-state index contributed by atoms with van der Waals surface area (Å²) in [4.78, 5) is 11.6. The van der Waals surface area contributed by atoms with Crippen LogP contribution in [0.3, 0.4) is 0 Å². The molecule has 92 valence electrons. The first kappa shape index (κ1) is 12.0. The smallest absolute Gasteiger partial charge is 0.226 e. The molecule has 1 aliphatic rings. The molecule has 1 fully saturated rings. The second-order valence-electron chi connectivity index (χ2n) is 4.49. The highest BCUT2D eigenvalue weighted by Gasteiger charge is 2.29. The molecule has 0 spiro atoms. The van der Waals surface area contributed by atoms with Crippen molar-refractivity contribution >= 4 is 5.91 Å². The number of benzene rings is 1. The zero-order valence-corrected chi connectivity index (χ0v) is 9.66. The maximum atomic E-state index is 12.9. The number of halogens is 1. The number of rotatable bonds is 3. The quantitative estimate of drug-likeness (QED) is 0.836. The average Bonchev–Trinajstić information content (AvgIpc) is 2.33. The van der Waals surface area contributed by atoms with Gasteiger partial charge >= 0.3 is 0 Å². The molecule has 1 heterocycles. The van der Waals surface area contributed by atoms with Gasteiger partial charge in [-0.05, 0) is 37.1 Å². The van der Waals surface area contributed by atoms with Gasteiger partial charge in [0.25, 0.3) is 0 Å². The molecule has 1 aromatic carbocycles. The van der Waals surface area contributed by atoms with E-state index in [0.717, 1.165) is 31.4 Å². The van der Waals surface area contributed by atoms with Crippen molar-refractivity contribution in [2.24, 2.45) is 5.73 Å². The molecular weight excluding hydrogens is 219 g/mol. The number of carbonyl (C=O) groups excluding carboxylic acids is 1. The summed E-state index contributed by atoms with van der Waals surface area (Å²) in [5, 5.41) is 3.32. The van der Waals surface area contributed by atoms with Gasteiger partial charge in [-0.3, -0.25) is 4.79 Å². The van der Waals surface area contributed by atoms with E-state index in [1.165, 1.54) is 12.1 Å². The molecule has 2 rings (SSSR count). The second-order valence-corrected chi connectivity index (χ2v) is 4.49. The van der Waals surface area contributed by atoms with E-state index in [9.17, 15) is 9.18 Å². The Morgan fingerprint density at radius 3 is 2.59 bits per heavy atom. The van der Waals surface area contributed by atoms with Crippen LogP contribution in [0, 0.1) is 5.82 Å². The third-order valence-corrected chi connectivity index (χ3v) is 3.29. The number of hydrogen-bond acceptors (Lipinski definition) is 2. The molecule has 2 atom stereocenters. The summed E-state index contributed by atoms with van der Waals surface area (Å²) in [6.07, 6.45) is 3.17. The monoisotopic (exact) mass is 236 g/mol. The first-order chi connectivity index (χ1) is 8.18. The number of amides is 1. The highest BCUT2D eigenvalue weighted by molar-refractivity contribution is 5.82. The van der Waals surface area contributed by atoms with Gasteiger partial charge in [0, 0.05) is 6.04 Å². The van der Waals surface area contributed by atoms with E-state index in [2.05, 4.69) is 5.32 Å². The maximum absolute atomic E-state index is 12.9. The molecule has 3 nitrogen and oxygen atoms in total. The van der Waals surface area contributed by atoms with E-state index in [1.54, 1.807) is 12.1 Å². The second kappa shape index (κ2) is 5.27. The van der Waals surface area contributed by atoms with Crippen molar-refractivity contribution in [3.8, 4) is 0 Å². The summed E-state index contributed by atoms with van der Waals surface area (Å²) in [7, 11) is 0. The molecule has 1 saturated heterocycles. The largest absolute Gasteiger partial charge is 0.369 e. The van der Waals surface area contributed by atoms with Gasteiger partial charge in [0.05, 0.1) is 5.92 Å². The summed E-state index contributed by atoms with van der Waals surface area (Å²) in [6, 6.07) is 6.09. The summed E-state index contributed by atoms with van der Waals surface area (Å²) < 4.78 is 12.9. The fourth-order valence-corrected chi connectivity index (χ4v) is 2.43. The van der Waals surface area contributed by atoms with Crippen LogP contribution >= 0.6 is 0 Å². The van der Waals surface area contributed by atoms with Crippen molar-refractivity contribution in [2.45, 2.75) is 31.2 Å². The highest BCUT2D eigenvalue weighted by atomic mass is 19.1. The summed E-state index contributed by atoms with van der Waals surface area (Å²) in [5.74, 6) is -1.01. The van der Waals surface area contributed by atoms with E-state index >= 15 is 0 Å². The Labute approximate surface area is 100 Å². The van der Waals surface area contributed by atoms with Crippen molar-refractivity contribution in [1.29, 1.82) is 0 Å². The van der Waals surface area contributed by atoms with Crippen LogP contribution < -0.4 is 11.1 Å². The van der Waals surface area contributed by atoms with E-state index in [1.807, 2.05) is 0 Å². The fraction of sp³-hybridized carbons (Fsp3) is 0.462. The van der Waals surface area contributed by atoms with Crippen LogP contribution in [0.25, 0.3) is 0 Å². The first-order valence-electron chi connectivity index (χ1n) is 5.96. The summed E-state index contributed by atoms with van der Waals surface area (Å²) >= 11 is 0. The topological polar surface area (TPSA) is 55.1 Å². The Balaban J connectivity index is 2.21. The van der Waals surface area contributed by atoms with Crippen molar-refractivity contribution < 1.29 is 9.18 Å². The molecule has 17 heavy (non-hydrogen) atoms. The molecule has 0 aliphatic carbocycles. The predicted octanol–water partition coefficient (Wildman–Crippen LogP) is 1.54. The van der Waals surface area contributed by atoms with Gasteiger partial charge in [-0.2, -0.15) is 0 Å². The van der Waals surface area contributed by atoms with Crippen LogP contribution in [0.1, 0.15) is 30.7 Å². The molecule has 0 radical (unpaired) electrons. The van der Waals surface area contributed by atoms with Gasteiger partial charge in [-0.25, -0.2) is 4.39 Å². The highest BCUT2D eigenvalue weighted by Crippen LogP contribution is 2.25. The fourth-order valence-electron chi connectivity index (χ4n) is 2.43. The number of primary amides is 1. The summed E-state index contributed by atoms with van der Waals surface area (Å²) in [6.45, 7) is 0.912. The minimum absolute atomic E-state index is 0.0757. The van der Waals surface area contributed by atoms with Gasteiger partial charge in [-0.15, -0.1) is 0 Å². The lowest BCUT2D eigenvalue weighted by Gasteiger charge is -2.29. The Kier molecular flexibility index (Phi) is 3.74. The van der Waals surface area contributed by atoms with Crippen molar-refractivity contribution in [3.05, 3.63) is 35.6 Å². The zero-order chi connectivity index (χ0) is 12.3. The van der Waals surface area contributed by atoms with Crippen LogP contribution in [0.15, 0.2) is 24.3 Å². The lowest BCUT2D eigenvalue weighted by Crippen LogP contribution is -2.43. The molecule has 3 N–H and O–H groups in total. The van der Waals surface area contributed by atoms with Crippen molar-refractivity contribution in [2.75, 3.05) is 6.54 Å². The lowest BCUT2D eigenvalue weighted by molar-refractivity contribution is -0.120. The third-order valence-electron chi connectivity index (χ3n) is 3.29. The molecule has 0 unspecified atom stereocenters. The molecule has 4 heteroatoms. The number of hydrogen-bond donors (Lipinski definition) is 2. The average molecular weight is 236 g/mol. The first-order valence-corrected chi connectivity index (χ1v) is 5.96. The number of nitrogens with one attached hydrogen (secondary N) is 1. The minimum Gasteiger partial charge on any atom is -0.369 e. The molecule has 1 aliphatic heterocycles. The van der Waals surface area contributed by atoms with Gasteiger partial charge in [0.1, 0.15) is 5.82 Å². The zero-order valence-electron chi connectivity index (χ0n) is 9.66. The van der Waals surface area contributed by atoms with Crippen LogP contribution in [0.2, 0.25) is 0 Å². The molecule has 1 amide bonds. The summed E-state index contributed by atoms with van der Waals surface area (Å²) in [5.41, 5.74) is 6.26. The van der Waals surface area contributed by atoms with E-state index in [0.29, 0.717) is 0 Å².